The Balaban J connectivity index is 2.21. The highest BCUT2D eigenvalue weighted by atomic mass is 35.5. The van der Waals surface area contributed by atoms with E-state index >= 15 is 0 Å². The lowest BCUT2D eigenvalue weighted by Crippen LogP contribution is -2.41. The van der Waals surface area contributed by atoms with Crippen molar-refractivity contribution in [2.75, 3.05) is 10.6 Å². The number of hydrogen-bond acceptors (Lipinski definition) is 2. The lowest BCUT2D eigenvalue weighted by Gasteiger charge is -2.24. The first kappa shape index (κ1) is 20.8. The number of amides is 2. The molecule has 2 amide bonds. The standard InChI is InChI=1S/C19H18ClF3N2O2/c1-11-4-7-13(8-5-11)24-16(26)18(2,3)17(27)25-15-9-6-12(20)10-14(15)19(21,22)23/h4-10H,1-3H3,(H,24,26)(H,25,27). The second kappa shape index (κ2) is 7.60. The van der Waals surface area contributed by atoms with Crippen molar-refractivity contribution in [3.05, 3.63) is 58.6 Å². The van der Waals surface area contributed by atoms with Crippen LogP contribution in [0.25, 0.3) is 0 Å². The van der Waals surface area contributed by atoms with Crippen molar-refractivity contribution in [1.29, 1.82) is 0 Å². The molecular formula is C19H18ClF3N2O2. The van der Waals surface area contributed by atoms with E-state index in [0.29, 0.717) is 5.69 Å². The Kier molecular flexibility index (Phi) is 5.85. The molecule has 0 radical (unpaired) electrons. The van der Waals surface area contributed by atoms with Gasteiger partial charge in [0.25, 0.3) is 0 Å². The molecule has 0 spiro atoms. The molecule has 2 aromatic carbocycles. The number of rotatable bonds is 4. The number of carbonyl (C=O) groups excluding carboxylic acids is 2. The number of nitrogens with one attached hydrogen (secondary N) is 2. The lowest BCUT2D eigenvalue weighted by atomic mass is 9.90. The van der Waals surface area contributed by atoms with Crippen molar-refractivity contribution in [3.63, 3.8) is 0 Å². The van der Waals surface area contributed by atoms with Crippen LogP contribution in [0.1, 0.15) is 25.0 Å². The molecule has 0 aromatic heterocycles. The van der Waals surface area contributed by atoms with Crippen molar-refractivity contribution < 1.29 is 22.8 Å². The maximum Gasteiger partial charge on any atom is 0.418 e. The average Bonchev–Trinajstić information content (AvgIpc) is 2.57. The fourth-order valence-corrected chi connectivity index (χ4v) is 2.34. The third-order valence-corrected chi connectivity index (χ3v) is 4.22. The fourth-order valence-electron chi connectivity index (χ4n) is 2.17. The Morgan fingerprint density at radius 1 is 0.926 bits per heavy atom. The van der Waals surface area contributed by atoms with Crippen LogP contribution in [-0.4, -0.2) is 11.8 Å². The van der Waals surface area contributed by atoms with E-state index in [2.05, 4.69) is 10.6 Å². The summed E-state index contributed by atoms with van der Waals surface area (Å²) < 4.78 is 39.5. The summed E-state index contributed by atoms with van der Waals surface area (Å²) in [6.07, 6.45) is -4.71. The molecule has 144 valence electrons. The van der Waals surface area contributed by atoms with Crippen molar-refractivity contribution in [1.82, 2.24) is 0 Å². The molecule has 0 aliphatic rings. The van der Waals surface area contributed by atoms with Gasteiger partial charge in [0, 0.05) is 10.7 Å². The zero-order valence-corrected chi connectivity index (χ0v) is 15.6. The molecule has 4 nitrogen and oxygen atoms in total. The van der Waals surface area contributed by atoms with Crippen LogP contribution in [0.5, 0.6) is 0 Å². The molecule has 2 aromatic rings. The van der Waals surface area contributed by atoms with Crippen LogP contribution >= 0.6 is 11.6 Å². The normalized spacial score (nSPS) is 11.8. The molecule has 2 rings (SSSR count). The van der Waals surface area contributed by atoms with E-state index in [4.69, 9.17) is 11.6 Å². The van der Waals surface area contributed by atoms with E-state index in [0.717, 1.165) is 17.7 Å². The summed E-state index contributed by atoms with van der Waals surface area (Å²) in [5.74, 6) is -1.52. The highest BCUT2D eigenvalue weighted by molar-refractivity contribution is 6.30. The first-order chi connectivity index (χ1) is 12.4. The summed E-state index contributed by atoms with van der Waals surface area (Å²) >= 11 is 5.62. The monoisotopic (exact) mass is 398 g/mol. The van der Waals surface area contributed by atoms with Gasteiger partial charge in [-0.2, -0.15) is 13.2 Å². The first-order valence-corrected chi connectivity index (χ1v) is 8.35. The molecule has 0 saturated heterocycles. The Morgan fingerprint density at radius 3 is 2.04 bits per heavy atom. The number of alkyl halides is 3. The average molecular weight is 399 g/mol. The summed E-state index contributed by atoms with van der Waals surface area (Å²) in [6.45, 7) is 4.54. The van der Waals surface area contributed by atoms with Crippen LogP contribution in [0.3, 0.4) is 0 Å². The van der Waals surface area contributed by atoms with E-state index < -0.39 is 34.7 Å². The predicted molar refractivity (Wildman–Crippen MR) is 98.7 cm³/mol. The molecule has 0 saturated carbocycles. The Labute approximate surface area is 159 Å². The quantitative estimate of drug-likeness (QED) is 0.689. The lowest BCUT2D eigenvalue weighted by molar-refractivity contribution is -0.137. The number of hydrogen-bond donors (Lipinski definition) is 2. The van der Waals surface area contributed by atoms with Crippen molar-refractivity contribution in [3.8, 4) is 0 Å². The van der Waals surface area contributed by atoms with Crippen LogP contribution < -0.4 is 10.6 Å². The van der Waals surface area contributed by atoms with E-state index in [-0.39, 0.29) is 5.02 Å². The number of halogens is 4. The zero-order chi connectivity index (χ0) is 20.4. The van der Waals surface area contributed by atoms with Crippen LogP contribution in [0, 0.1) is 12.3 Å². The molecule has 2 N–H and O–H groups in total. The Hall–Kier alpha value is -2.54. The third kappa shape index (κ3) is 5.01. The Bertz CT molecular complexity index is 862. The fraction of sp³-hybridized carbons (Fsp3) is 0.263. The van der Waals surface area contributed by atoms with E-state index in [9.17, 15) is 22.8 Å². The van der Waals surface area contributed by atoms with Gasteiger partial charge in [-0.1, -0.05) is 29.3 Å². The maximum absolute atomic E-state index is 13.2. The molecule has 0 atom stereocenters. The van der Waals surface area contributed by atoms with Crippen LogP contribution in [0.4, 0.5) is 24.5 Å². The summed E-state index contributed by atoms with van der Waals surface area (Å²) in [6, 6.07) is 9.90. The SMILES string of the molecule is Cc1ccc(NC(=O)C(C)(C)C(=O)Nc2ccc(Cl)cc2C(F)(F)F)cc1. The summed E-state index contributed by atoms with van der Waals surface area (Å²) in [7, 11) is 0. The smallest absolute Gasteiger partial charge is 0.325 e. The van der Waals surface area contributed by atoms with Gasteiger partial charge < -0.3 is 10.6 Å². The van der Waals surface area contributed by atoms with Crippen molar-refractivity contribution >= 4 is 34.8 Å². The second-order valence-corrected chi connectivity index (χ2v) is 7.02. The number of benzene rings is 2. The summed E-state index contributed by atoms with van der Waals surface area (Å²) in [5.41, 5.74) is -1.69. The van der Waals surface area contributed by atoms with E-state index in [1.165, 1.54) is 19.9 Å². The molecule has 8 heteroatoms. The van der Waals surface area contributed by atoms with Gasteiger partial charge in [0.05, 0.1) is 11.3 Å². The number of aryl methyl sites for hydroxylation is 1. The number of carbonyl (C=O) groups is 2. The van der Waals surface area contributed by atoms with Gasteiger partial charge in [-0.15, -0.1) is 0 Å². The van der Waals surface area contributed by atoms with Gasteiger partial charge in [0.15, 0.2) is 0 Å². The van der Waals surface area contributed by atoms with Gasteiger partial charge >= 0.3 is 6.18 Å². The van der Waals surface area contributed by atoms with Crippen LogP contribution in [-0.2, 0) is 15.8 Å². The maximum atomic E-state index is 13.2. The van der Waals surface area contributed by atoms with Crippen molar-refractivity contribution in [2.24, 2.45) is 5.41 Å². The van der Waals surface area contributed by atoms with Crippen molar-refractivity contribution in [2.45, 2.75) is 26.9 Å². The summed E-state index contributed by atoms with van der Waals surface area (Å²) in [5, 5.41) is 4.65. The first-order valence-electron chi connectivity index (χ1n) is 7.97. The minimum absolute atomic E-state index is 0.114. The highest BCUT2D eigenvalue weighted by Gasteiger charge is 2.39. The topological polar surface area (TPSA) is 58.2 Å². The predicted octanol–water partition coefficient (Wildman–Crippen LogP) is 5.27. The van der Waals surface area contributed by atoms with Gasteiger partial charge in [-0.3, -0.25) is 9.59 Å². The second-order valence-electron chi connectivity index (χ2n) is 6.59. The van der Waals surface area contributed by atoms with Gasteiger partial charge in [-0.05, 0) is 51.1 Å². The van der Waals surface area contributed by atoms with Gasteiger partial charge in [0.2, 0.25) is 11.8 Å². The summed E-state index contributed by atoms with van der Waals surface area (Å²) in [4.78, 5) is 25.0. The number of anilines is 2. The largest absolute Gasteiger partial charge is 0.418 e. The molecule has 27 heavy (non-hydrogen) atoms. The minimum atomic E-state index is -4.71. The van der Waals surface area contributed by atoms with E-state index in [1.54, 1.807) is 24.3 Å². The molecule has 0 aliphatic heterocycles. The molecule has 0 unspecified atom stereocenters. The minimum Gasteiger partial charge on any atom is -0.325 e. The highest BCUT2D eigenvalue weighted by Crippen LogP contribution is 2.37. The molecule has 0 aliphatic carbocycles. The van der Waals surface area contributed by atoms with Crippen LogP contribution in [0.2, 0.25) is 5.02 Å². The molecule has 0 bridgehead atoms. The van der Waals surface area contributed by atoms with Crippen LogP contribution in [0.15, 0.2) is 42.5 Å². The zero-order valence-electron chi connectivity index (χ0n) is 14.9. The van der Waals surface area contributed by atoms with Gasteiger partial charge in [0.1, 0.15) is 5.41 Å². The van der Waals surface area contributed by atoms with E-state index in [1.807, 2.05) is 6.92 Å². The third-order valence-electron chi connectivity index (χ3n) is 3.98. The van der Waals surface area contributed by atoms with Gasteiger partial charge in [-0.25, -0.2) is 0 Å². The Morgan fingerprint density at radius 2 is 1.48 bits per heavy atom. The molecule has 0 fully saturated rings. The molecule has 0 heterocycles. The molecular weight excluding hydrogens is 381 g/mol.